The van der Waals surface area contributed by atoms with Crippen LogP contribution in [0.25, 0.3) is 0 Å². The van der Waals surface area contributed by atoms with Gasteiger partial charge < -0.3 is 11.1 Å². The first-order chi connectivity index (χ1) is 10.0. The highest BCUT2D eigenvalue weighted by Crippen LogP contribution is 2.29. The summed E-state index contributed by atoms with van der Waals surface area (Å²) in [5.41, 5.74) is 7.16. The van der Waals surface area contributed by atoms with Crippen molar-refractivity contribution in [3.63, 3.8) is 0 Å². The van der Waals surface area contributed by atoms with E-state index in [1.807, 2.05) is 6.92 Å². The number of piperidine rings is 1. The largest absolute Gasteiger partial charge is 0.359 e. The minimum absolute atomic E-state index is 0.00504. The summed E-state index contributed by atoms with van der Waals surface area (Å²) >= 11 is 0. The molecule has 0 bridgehead atoms. The molecule has 1 heterocycles. The molecule has 1 aromatic rings. The highest BCUT2D eigenvalue weighted by molar-refractivity contribution is 5.78. The van der Waals surface area contributed by atoms with Gasteiger partial charge in [-0.2, -0.15) is 0 Å². The highest BCUT2D eigenvalue weighted by Gasteiger charge is 2.31. The molecule has 116 valence electrons. The van der Waals surface area contributed by atoms with Gasteiger partial charge in [-0.3, -0.25) is 9.69 Å². The second-order valence-corrected chi connectivity index (χ2v) is 5.80. The van der Waals surface area contributed by atoms with Gasteiger partial charge in [0.15, 0.2) is 0 Å². The Bertz CT molecular complexity index is 475. The van der Waals surface area contributed by atoms with Gasteiger partial charge in [-0.05, 0) is 44.0 Å². The van der Waals surface area contributed by atoms with Gasteiger partial charge in [0.1, 0.15) is 5.82 Å². The van der Waals surface area contributed by atoms with E-state index in [0.29, 0.717) is 6.54 Å². The summed E-state index contributed by atoms with van der Waals surface area (Å²) in [5, 5.41) is 2.72. The van der Waals surface area contributed by atoms with Crippen molar-refractivity contribution >= 4 is 5.91 Å². The number of likely N-dealkylation sites (tertiary alicyclic amines) is 1. The Labute approximate surface area is 125 Å². The molecule has 2 rings (SSSR count). The summed E-state index contributed by atoms with van der Waals surface area (Å²) in [6.07, 6.45) is 1.88. The second-order valence-electron chi connectivity index (χ2n) is 5.80. The van der Waals surface area contributed by atoms with E-state index in [1.165, 1.54) is 12.1 Å². The fourth-order valence-electron chi connectivity index (χ4n) is 3.18. The fourth-order valence-corrected chi connectivity index (χ4v) is 3.18. The van der Waals surface area contributed by atoms with Gasteiger partial charge >= 0.3 is 0 Å². The first-order valence-corrected chi connectivity index (χ1v) is 7.49. The van der Waals surface area contributed by atoms with E-state index < -0.39 is 0 Å². The van der Waals surface area contributed by atoms with E-state index >= 15 is 0 Å². The number of carbonyl (C=O) groups excluding carboxylic acids is 1. The SMILES string of the molecule is CNC(=O)C1CCCN(C(c2ccc(F)cc2)C(C)N)C1. The van der Waals surface area contributed by atoms with Gasteiger partial charge in [0.25, 0.3) is 0 Å². The van der Waals surface area contributed by atoms with Crippen LogP contribution in [0.15, 0.2) is 24.3 Å². The van der Waals surface area contributed by atoms with Gasteiger partial charge in [0, 0.05) is 25.7 Å². The van der Waals surface area contributed by atoms with Crippen LogP contribution in [0.3, 0.4) is 0 Å². The summed E-state index contributed by atoms with van der Waals surface area (Å²) in [7, 11) is 1.67. The second kappa shape index (κ2) is 7.00. The summed E-state index contributed by atoms with van der Waals surface area (Å²) in [6, 6.07) is 6.42. The molecule has 3 N–H and O–H groups in total. The maximum Gasteiger partial charge on any atom is 0.224 e. The number of hydrogen-bond acceptors (Lipinski definition) is 3. The first-order valence-electron chi connectivity index (χ1n) is 7.49. The van der Waals surface area contributed by atoms with Gasteiger partial charge in [-0.25, -0.2) is 4.39 Å². The lowest BCUT2D eigenvalue weighted by Gasteiger charge is -2.39. The molecule has 1 fully saturated rings. The molecule has 0 radical (unpaired) electrons. The lowest BCUT2D eigenvalue weighted by Crippen LogP contribution is -2.47. The smallest absolute Gasteiger partial charge is 0.224 e. The Morgan fingerprint density at radius 1 is 1.43 bits per heavy atom. The molecule has 4 nitrogen and oxygen atoms in total. The molecule has 0 aromatic heterocycles. The summed E-state index contributed by atoms with van der Waals surface area (Å²) in [6.45, 7) is 3.57. The van der Waals surface area contributed by atoms with Crippen LogP contribution in [-0.4, -0.2) is 37.0 Å². The summed E-state index contributed by atoms with van der Waals surface area (Å²) < 4.78 is 13.1. The Morgan fingerprint density at radius 2 is 2.10 bits per heavy atom. The van der Waals surface area contributed by atoms with Crippen LogP contribution in [0.5, 0.6) is 0 Å². The molecule has 3 unspecified atom stereocenters. The van der Waals surface area contributed by atoms with Gasteiger partial charge in [-0.15, -0.1) is 0 Å². The van der Waals surface area contributed by atoms with Gasteiger partial charge in [0.2, 0.25) is 5.91 Å². The standard InChI is InChI=1S/C16H24FN3O/c1-11(18)15(12-5-7-14(17)8-6-12)20-9-3-4-13(10-20)16(21)19-2/h5-8,11,13,15H,3-4,9-10,18H2,1-2H3,(H,19,21). The van der Waals surface area contributed by atoms with Crippen molar-refractivity contribution in [2.24, 2.45) is 11.7 Å². The van der Waals surface area contributed by atoms with Crippen LogP contribution >= 0.6 is 0 Å². The number of carbonyl (C=O) groups is 1. The zero-order valence-electron chi connectivity index (χ0n) is 12.7. The van der Waals surface area contributed by atoms with Crippen LogP contribution in [0.4, 0.5) is 4.39 Å². The molecule has 5 heteroatoms. The molecule has 1 saturated heterocycles. The van der Waals surface area contributed by atoms with Crippen molar-refractivity contribution < 1.29 is 9.18 Å². The normalized spacial score (nSPS) is 22.6. The third kappa shape index (κ3) is 3.80. The third-order valence-electron chi connectivity index (χ3n) is 4.17. The number of amides is 1. The molecule has 21 heavy (non-hydrogen) atoms. The van der Waals surface area contributed by atoms with Crippen molar-refractivity contribution in [3.8, 4) is 0 Å². The van der Waals surface area contributed by atoms with Crippen LogP contribution in [-0.2, 0) is 4.79 Å². The van der Waals surface area contributed by atoms with E-state index in [-0.39, 0.29) is 29.7 Å². The van der Waals surface area contributed by atoms with E-state index in [0.717, 1.165) is 24.9 Å². The molecular weight excluding hydrogens is 269 g/mol. The van der Waals surface area contributed by atoms with Crippen molar-refractivity contribution in [2.45, 2.75) is 31.8 Å². The zero-order valence-corrected chi connectivity index (χ0v) is 12.7. The molecular formula is C16H24FN3O. The number of nitrogens with one attached hydrogen (secondary N) is 1. The average Bonchev–Trinajstić information content (AvgIpc) is 2.48. The predicted molar refractivity (Wildman–Crippen MR) is 81.2 cm³/mol. The lowest BCUT2D eigenvalue weighted by atomic mass is 9.92. The molecule has 1 aliphatic rings. The van der Waals surface area contributed by atoms with Gasteiger partial charge in [-0.1, -0.05) is 12.1 Å². The minimum atomic E-state index is -0.246. The van der Waals surface area contributed by atoms with Crippen LogP contribution in [0.2, 0.25) is 0 Å². The topological polar surface area (TPSA) is 58.4 Å². The quantitative estimate of drug-likeness (QED) is 0.888. The van der Waals surface area contributed by atoms with E-state index in [2.05, 4.69) is 10.2 Å². The Balaban J connectivity index is 2.18. The number of nitrogens with zero attached hydrogens (tertiary/aromatic N) is 1. The van der Waals surface area contributed by atoms with Crippen molar-refractivity contribution in [1.82, 2.24) is 10.2 Å². The van der Waals surface area contributed by atoms with E-state index in [4.69, 9.17) is 5.73 Å². The fraction of sp³-hybridized carbons (Fsp3) is 0.562. The molecule has 0 saturated carbocycles. The Morgan fingerprint density at radius 3 is 2.67 bits per heavy atom. The number of nitrogens with two attached hydrogens (primary N) is 1. The molecule has 0 aliphatic carbocycles. The first kappa shape index (κ1) is 15.9. The predicted octanol–water partition coefficient (Wildman–Crippen LogP) is 1.67. The summed E-state index contributed by atoms with van der Waals surface area (Å²) in [5.74, 6) is -0.156. The molecule has 0 spiro atoms. The number of rotatable bonds is 4. The third-order valence-corrected chi connectivity index (χ3v) is 4.17. The number of benzene rings is 1. The average molecular weight is 293 g/mol. The molecule has 3 atom stereocenters. The Kier molecular flexibility index (Phi) is 5.31. The van der Waals surface area contributed by atoms with Crippen LogP contribution in [0, 0.1) is 11.7 Å². The molecule has 1 aliphatic heterocycles. The maximum atomic E-state index is 13.1. The zero-order chi connectivity index (χ0) is 15.4. The number of hydrogen-bond donors (Lipinski definition) is 2. The Hall–Kier alpha value is -1.46. The van der Waals surface area contributed by atoms with Crippen molar-refractivity contribution in [1.29, 1.82) is 0 Å². The number of halogens is 1. The monoisotopic (exact) mass is 293 g/mol. The lowest BCUT2D eigenvalue weighted by molar-refractivity contribution is -0.126. The van der Waals surface area contributed by atoms with Gasteiger partial charge in [0.05, 0.1) is 5.92 Å². The van der Waals surface area contributed by atoms with Crippen LogP contribution < -0.4 is 11.1 Å². The van der Waals surface area contributed by atoms with E-state index in [9.17, 15) is 9.18 Å². The minimum Gasteiger partial charge on any atom is -0.359 e. The molecule has 1 aromatic carbocycles. The van der Waals surface area contributed by atoms with Crippen LogP contribution in [0.1, 0.15) is 31.4 Å². The van der Waals surface area contributed by atoms with E-state index in [1.54, 1.807) is 19.2 Å². The maximum absolute atomic E-state index is 13.1. The molecule has 1 amide bonds. The van der Waals surface area contributed by atoms with Crippen molar-refractivity contribution in [3.05, 3.63) is 35.6 Å². The van der Waals surface area contributed by atoms with Crippen molar-refractivity contribution in [2.75, 3.05) is 20.1 Å². The summed E-state index contributed by atoms with van der Waals surface area (Å²) in [4.78, 5) is 14.1. The highest BCUT2D eigenvalue weighted by atomic mass is 19.1.